The molecule has 1 saturated heterocycles. The lowest BCUT2D eigenvalue weighted by Gasteiger charge is -2.17. The van der Waals surface area contributed by atoms with E-state index in [0.29, 0.717) is 23.2 Å². The van der Waals surface area contributed by atoms with Gasteiger partial charge in [-0.3, -0.25) is 9.69 Å². The summed E-state index contributed by atoms with van der Waals surface area (Å²) in [6.45, 7) is 4.56. The highest BCUT2D eigenvalue weighted by atomic mass is 32.2. The Morgan fingerprint density at radius 2 is 1.90 bits per heavy atom. The average molecular weight is 412 g/mol. The first kappa shape index (κ1) is 20.9. The molecular weight excluding hydrogens is 386 g/mol. The number of amides is 1. The molecule has 1 unspecified atom stereocenters. The van der Waals surface area contributed by atoms with Crippen molar-refractivity contribution in [3.63, 3.8) is 0 Å². The van der Waals surface area contributed by atoms with Crippen molar-refractivity contribution >= 4 is 29.1 Å². The Hall–Kier alpha value is -2.80. The fourth-order valence-corrected chi connectivity index (χ4v) is 4.05. The highest BCUT2D eigenvalue weighted by Crippen LogP contribution is 2.31. The molecule has 1 heterocycles. The monoisotopic (exact) mass is 411 g/mol. The topological polar surface area (TPSA) is 63.5 Å². The third kappa shape index (κ3) is 4.79. The molecule has 0 saturated carbocycles. The van der Waals surface area contributed by atoms with E-state index in [1.54, 1.807) is 25.3 Å². The molecule has 7 heteroatoms. The zero-order chi connectivity index (χ0) is 20.8. The third-order valence-electron chi connectivity index (χ3n) is 4.74. The molecule has 0 aromatic heterocycles. The second-order valence-corrected chi connectivity index (χ2v) is 7.78. The van der Waals surface area contributed by atoms with Crippen molar-refractivity contribution < 1.29 is 14.3 Å². The van der Waals surface area contributed by atoms with E-state index < -0.39 is 0 Å². The molecule has 0 bridgehead atoms. The number of amidine groups is 1. The second kappa shape index (κ2) is 9.60. The van der Waals surface area contributed by atoms with E-state index in [-0.39, 0.29) is 11.2 Å². The number of hydrogen-bond donors (Lipinski definition) is 0. The number of benzene rings is 2. The Balaban J connectivity index is 1.82. The molecule has 3 rings (SSSR count). The van der Waals surface area contributed by atoms with E-state index in [2.05, 4.69) is 10.2 Å². The van der Waals surface area contributed by atoms with Crippen molar-refractivity contribution in [3.05, 3.63) is 59.2 Å². The Morgan fingerprint density at radius 3 is 2.59 bits per heavy atom. The molecule has 1 atom stereocenters. The lowest BCUT2D eigenvalue weighted by Crippen LogP contribution is -2.31. The SMILES string of the molecule is CCC1S/C(=N\N=C\c2ccc(OC)c(OC)c2)N(Cc2ccccc2C)C1=O. The average Bonchev–Trinajstić information content (AvgIpc) is 3.04. The van der Waals surface area contributed by atoms with Crippen LogP contribution in [0.3, 0.4) is 0 Å². The molecule has 0 aliphatic carbocycles. The number of methoxy groups -OCH3 is 2. The van der Waals surface area contributed by atoms with Gasteiger partial charge in [0, 0.05) is 0 Å². The van der Waals surface area contributed by atoms with Crippen LogP contribution in [0.4, 0.5) is 0 Å². The van der Waals surface area contributed by atoms with E-state index in [9.17, 15) is 4.79 Å². The van der Waals surface area contributed by atoms with Gasteiger partial charge in [0.1, 0.15) is 0 Å². The second-order valence-electron chi connectivity index (χ2n) is 6.61. The maximum absolute atomic E-state index is 12.8. The Labute approximate surface area is 175 Å². The van der Waals surface area contributed by atoms with Crippen LogP contribution in [-0.2, 0) is 11.3 Å². The minimum atomic E-state index is -0.117. The van der Waals surface area contributed by atoms with Gasteiger partial charge in [0.05, 0.1) is 32.2 Å². The first-order valence-electron chi connectivity index (χ1n) is 9.43. The van der Waals surface area contributed by atoms with Gasteiger partial charge in [-0.25, -0.2) is 0 Å². The summed E-state index contributed by atoms with van der Waals surface area (Å²) < 4.78 is 10.6. The summed E-state index contributed by atoms with van der Waals surface area (Å²) >= 11 is 1.47. The van der Waals surface area contributed by atoms with E-state index in [4.69, 9.17) is 9.47 Å². The van der Waals surface area contributed by atoms with Crippen molar-refractivity contribution in [3.8, 4) is 11.5 Å². The summed E-state index contributed by atoms with van der Waals surface area (Å²) in [5.41, 5.74) is 3.09. The van der Waals surface area contributed by atoms with Gasteiger partial charge in [0.25, 0.3) is 0 Å². The smallest absolute Gasteiger partial charge is 0.242 e. The van der Waals surface area contributed by atoms with Crippen LogP contribution in [-0.4, -0.2) is 41.7 Å². The Morgan fingerprint density at radius 1 is 1.14 bits per heavy atom. The largest absolute Gasteiger partial charge is 0.493 e. The number of aryl methyl sites for hydroxylation is 1. The molecule has 1 fully saturated rings. The van der Waals surface area contributed by atoms with Crippen molar-refractivity contribution in [1.82, 2.24) is 4.90 Å². The summed E-state index contributed by atoms with van der Waals surface area (Å²) in [5.74, 6) is 1.37. The number of ether oxygens (including phenoxy) is 2. The predicted octanol–water partition coefficient (Wildman–Crippen LogP) is 4.26. The highest BCUT2D eigenvalue weighted by molar-refractivity contribution is 8.15. The van der Waals surface area contributed by atoms with Crippen molar-refractivity contribution in [2.75, 3.05) is 14.2 Å². The molecule has 2 aromatic rings. The van der Waals surface area contributed by atoms with E-state index in [1.165, 1.54) is 11.8 Å². The Bertz CT molecular complexity index is 943. The van der Waals surface area contributed by atoms with Gasteiger partial charge in [0.2, 0.25) is 5.91 Å². The van der Waals surface area contributed by atoms with E-state index in [0.717, 1.165) is 23.1 Å². The number of hydrogen-bond acceptors (Lipinski definition) is 6. The Kier molecular flexibility index (Phi) is 6.93. The van der Waals surface area contributed by atoms with Crippen LogP contribution in [0.15, 0.2) is 52.7 Å². The normalized spacial score (nSPS) is 18.1. The molecule has 1 amide bonds. The lowest BCUT2D eigenvalue weighted by molar-refractivity contribution is -0.126. The highest BCUT2D eigenvalue weighted by Gasteiger charge is 2.37. The molecule has 1 aliphatic heterocycles. The molecule has 2 aromatic carbocycles. The fraction of sp³-hybridized carbons (Fsp3) is 0.318. The van der Waals surface area contributed by atoms with Crippen LogP contribution in [0.5, 0.6) is 11.5 Å². The van der Waals surface area contributed by atoms with Gasteiger partial charge in [-0.2, -0.15) is 5.10 Å². The number of rotatable bonds is 7. The minimum Gasteiger partial charge on any atom is -0.493 e. The number of nitrogens with zero attached hydrogens (tertiary/aromatic N) is 3. The summed E-state index contributed by atoms with van der Waals surface area (Å²) in [5, 5.41) is 9.09. The van der Waals surface area contributed by atoms with Crippen LogP contribution in [0.25, 0.3) is 0 Å². The van der Waals surface area contributed by atoms with Crippen LogP contribution < -0.4 is 9.47 Å². The molecule has 6 nitrogen and oxygen atoms in total. The molecule has 152 valence electrons. The maximum atomic E-state index is 12.8. The summed E-state index contributed by atoms with van der Waals surface area (Å²) in [7, 11) is 3.19. The zero-order valence-corrected chi connectivity index (χ0v) is 17.9. The fourth-order valence-electron chi connectivity index (χ4n) is 3.03. The van der Waals surface area contributed by atoms with Gasteiger partial charge in [0.15, 0.2) is 16.7 Å². The van der Waals surface area contributed by atoms with Gasteiger partial charge in [-0.15, -0.1) is 5.10 Å². The molecule has 0 radical (unpaired) electrons. The van der Waals surface area contributed by atoms with Crippen LogP contribution in [0.1, 0.15) is 30.0 Å². The molecule has 0 spiro atoms. The molecule has 29 heavy (non-hydrogen) atoms. The van der Waals surface area contributed by atoms with Crippen LogP contribution in [0.2, 0.25) is 0 Å². The maximum Gasteiger partial charge on any atom is 0.242 e. The number of carbonyl (C=O) groups excluding carboxylic acids is 1. The standard InChI is InChI=1S/C22H25N3O3S/c1-5-20-21(26)25(14-17-9-7-6-8-15(17)2)22(29-20)24-23-13-16-10-11-18(27-3)19(12-16)28-4/h6-13,20H,5,14H2,1-4H3/b23-13+,24-22-. The van der Waals surface area contributed by atoms with E-state index in [1.807, 2.05) is 56.3 Å². The van der Waals surface area contributed by atoms with Gasteiger partial charge >= 0.3 is 0 Å². The molecule has 1 aliphatic rings. The number of carbonyl (C=O) groups is 1. The van der Waals surface area contributed by atoms with Gasteiger partial charge in [-0.05, 0) is 48.2 Å². The molecule has 0 N–H and O–H groups in total. The predicted molar refractivity (Wildman–Crippen MR) is 118 cm³/mol. The summed E-state index contributed by atoms with van der Waals surface area (Å²) in [6, 6.07) is 13.6. The van der Waals surface area contributed by atoms with Crippen molar-refractivity contribution in [2.45, 2.75) is 32.1 Å². The molecular formula is C22H25N3O3S. The van der Waals surface area contributed by atoms with Gasteiger partial charge in [-0.1, -0.05) is 43.0 Å². The van der Waals surface area contributed by atoms with E-state index >= 15 is 0 Å². The van der Waals surface area contributed by atoms with Crippen molar-refractivity contribution in [2.24, 2.45) is 10.2 Å². The first-order valence-corrected chi connectivity index (χ1v) is 10.3. The third-order valence-corrected chi connectivity index (χ3v) is 6.07. The van der Waals surface area contributed by atoms with Crippen molar-refractivity contribution in [1.29, 1.82) is 0 Å². The van der Waals surface area contributed by atoms with Gasteiger partial charge < -0.3 is 9.47 Å². The first-order chi connectivity index (χ1) is 14.1. The van der Waals surface area contributed by atoms with Crippen LogP contribution in [0, 0.1) is 6.92 Å². The van der Waals surface area contributed by atoms with Crippen LogP contribution >= 0.6 is 11.8 Å². The summed E-state index contributed by atoms with van der Waals surface area (Å²) in [6.07, 6.45) is 2.40. The summed E-state index contributed by atoms with van der Waals surface area (Å²) in [4.78, 5) is 14.5. The number of thioether (sulfide) groups is 1. The zero-order valence-electron chi connectivity index (χ0n) is 17.1. The lowest BCUT2D eigenvalue weighted by atomic mass is 10.1. The minimum absolute atomic E-state index is 0.0841. The quantitative estimate of drug-likeness (QED) is 0.505.